The van der Waals surface area contributed by atoms with Gasteiger partial charge in [0, 0.05) is 13.2 Å². The number of rotatable bonds is 2. The Balaban J connectivity index is 2.38. The first-order valence-corrected chi connectivity index (χ1v) is 5.18. The van der Waals surface area contributed by atoms with Crippen LogP contribution in [0.3, 0.4) is 0 Å². The summed E-state index contributed by atoms with van der Waals surface area (Å²) >= 11 is 1.17. The molecular weight excluding hydrogens is 226 g/mol. The van der Waals surface area contributed by atoms with Gasteiger partial charge >= 0.3 is 5.69 Å². The van der Waals surface area contributed by atoms with Gasteiger partial charge in [-0.05, 0) is 23.9 Å². The highest BCUT2D eigenvalue weighted by Gasteiger charge is 2.10. The number of nitriles is 1. The largest absolute Gasteiger partial charge is 0.343 e. The van der Waals surface area contributed by atoms with Crippen LogP contribution in [-0.2, 0) is 7.05 Å². The molecule has 0 fully saturated rings. The summed E-state index contributed by atoms with van der Waals surface area (Å²) in [4.78, 5) is 15.2. The Morgan fingerprint density at radius 2 is 2.44 bits per heavy atom. The Kier molecular flexibility index (Phi) is 2.74. The topological polar surface area (TPSA) is 87.4 Å². The third kappa shape index (κ3) is 1.83. The highest BCUT2D eigenvalue weighted by Crippen LogP contribution is 2.24. The molecule has 0 aliphatic rings. The first kappa shape index (κ1) is 10.4. The van der Waals surface area contributed by atoms with Gasteiger partial charge in [0.2, 0.25) is 0 Å². The van der Waals surface area contributed by atoms with Crippen molar-refractivity contribution >= 4 is 11.8 Å². The van der Waals surface area contributed by atoms with Crippen molar-refractivity contribution in [2.75, 3.05) is 0 Å². The number of aromatic nitrogens is 4. The molecule has 7 heteroatoms. The van der Waals surface area contributed by atoms with E-state index in [1.165, 1.54) is 16.3 Å². The maximum Gasteiger partial charge on any atom is 0.343 e. The Bertz CT molecular complexity index is 609. The monoisotopic (exact) mass is 233 g/mol. The van der Waals surface area contributed by atoms with Crippen molar-refractivity contribution in [3.05, 3.63) is 34.4 Å². The number of nitrogens with one attached hydrogen (secondary N) is 1. The first-order chi connectivity index (χ1) is 7.72. The SMILES string of the molecule is Cn1c(Sc2ncccc2C#N)n[nH]c1=O. The fourth-order valence-corrected chi connectivity index (χ4v) is 1.89. The minimum atomic E-state index is -0.295. The normalized spacial score (nSPS) is 10.0. The molecule has 0 spiro atoms. The van der Waals surface area contributed by atoms with Crippen molar-refractivity contribution < 1.29 is 0 Å². The Labute approximate surface area is 94.9 Å². The van der Waals surface area contributed by atoms with E-state index in [9.17, 15) is 4.79 Å². The lowest BCUT2D eigenvalue weighted by molar-refractivity contribution is 0.764. The summed E-state index contributed by atoms with van der Waals surface area (Å²) in [5.41, 5.74) is 0.167. The summed E-state index contributed by atoms with van der Waals surface area (Å²) < 4.78 is 1.36. The van der Waals surface area contributed by atoms with Gasteiger partial charge in [0.25, 0.3) is 0 Å². The van der Waals surface area contributed by atoms with Crippen LogP contribution in [0.4, 0.5) is 0 Å². The summed E-state index contributed by atoms with van der Waals surface area (Å²) in [6, 6.07) is 5.39. The van der Waals surface area contributed by atoms with Gasteiger partial charge in [-0.2, -0.15) is 5.26 Å². The zero-order valence-corrected chi connectivity index (χ0v) is 9.15. The smallest absolute Gasteiger partial charge is 0.273 e. The van der Waals surface area contributed by atoms with Gasteiger partial charge in [-0.25, -0.2) is 14.9 Å². The Morgan fingerprint density at radius 3 is 3.06 bits per heavy atom. The average molecular weight is 233 g/mol. The summed E-state index contributed by atoms with van der Waals surface area (Å²) in [6.07, 6.45) is 1.59. The van der Waals surface area contributed by atoms with Gasteiger partial charge in [-0.1, -0.05) is 0 Å². The van der Waals surface area contributed by atoms with Crippen LogP contribution < -0.4 is 5.69 Å². The van der Waals surface area contributed by atoms with E-state index in [1.54, 1.807) is 25.4 Å². The standard InChI is InChI=1S/C9H7N5OS/c1-14-8(15)12-13-9(14)16-7-6(5-10)3-2-4-11-7/h2-4H,1H3,(H,12,15). The third-order valence-corrected chi connectivity index (χ3v) is 2.98. The van der Waals surface area contributed by atoms with E-state index in [0.717, 1.165) is 0 Å². The fourth-order valence-electron chi connectivity index (χ4n) is 1.07. The molecule has 16 heavy (non-hydrogen) atoms. The zero-order valence-electron chi connectivity index (χ0n) is 8.34. The highest BCUT2D eigenvalue weighted by atomic mass is 32.2. The van der Waals surface area contributed by atoms with Gasteiger partial charge in [-0.3, -0.25) is 4.57 Å². The Hall–Kier alpha value is -2.07. The molecule has 0 saturated carbocycles. The van der Waals surface area contributed by atoms with Crippen molar-refractivity contribution in [3.63, 3.8) is 0 Å². The second-order valence-corrected chi connectivity index (χ2v) is 3.90. The molecule has 0 saturated heterocycles. The van der Waals surface area contributed by atoms with Gasteiger partial charge < -0.3 is 0 Å². The maximum absolute atomic E-state index is 11.1. The van der Waals surface area contributed by atoms with Gasteiger partial charge in [0.15, 0.2) is 5.16 Å². The molecule has 0 aromatic carbocycles. The van der Waals surface area contributed by atoms with Crippen LogP contribution in [0.1, 0.15) is 5.56 Å². The molecule has 0 aliphatic heterocycles. The van der Waals surface area contributed by atoms with Gasteiger partial charge in [0.05, 0.1) is 5.56 Å². The van der Waals surface area contributed by atoms with Crippen LogP contribution in [-0.4, -0.2) is 19.7 Å². The summed E-state index contributed by atoms with van der Waals surface area (Å²) in [7, 11) is 1.60. The lowest BCUT2D eigenvalue weighted by Crippen LogP contribution is -2.12. The highest BCUT2D eigenvalue weighted by molar-refractivity contribution is 7.99. The quantitative estimate of drug-likeness (QED) is 0.817. The minimum Gasteiger partial charge on any atom is -0.273 e. The predicted octanol–water partition coefficient (Wildman–Crippen LogP) is 0.526. The molecule has 0 aliphatic carbocycles. The van der Waals surface area contributed by atoms with Crippen molar-refractivity contribution in [1.29, 1.82) is 5.26 Å². The number of pyridine rings is 1. The van der Waals surface area contributed by atoms with E-state index < -0.39 is 0 Å². The molecule has 0 atom stereocenters. The third-order valence-electron chi connectivity index (χ3n) is 1.92. The number of H-pyrrole nitrogens is 1. The molecule has 2 heterocycles. The van der Waals surface area contributed by atoms with E-state index in [4.69, 9.17) is 5.26 Å². The van der Waals surface area contributed by atoms with Crippen LogP contribution in [0, 0.1) is 11.3 Å². The number of nitrogens with zero attached hydrogens (tertiary/aromatic N) is 4. The van der Waals surface area contributed by atoms with Crippen molar-refractivity contribution in [2.24, 2.45) is 7.05 Å². The van der Waals surface area contributed by atoms with Crippen LogP contribution in [0.2, 0.25) is 0 Å². The molecule has 2 aromatic rings. The molecule has 6 nitrogen and oxygen atoms in total. The van der Waals surface area contributed by atoms with E-state index in [0.29, 0.717) is 15.7 Å². The summed E-state index contributed by atoms with van der Waals surface area (Å²) in [5, 5.41) is 16.0. The van der Waals surface area contributed by atoms with Crippen LogP contribution in [0.15, 0.2) is 33.3 Å². The molecule has 80 valence electrons. The van der Waals surface area contributed by atoms with Crippen molar-refractivity contribution in [3.8, 4) is 6.07 Å². The number of aromatic amines is 1. The second kappa shape index (κ2) is 4.20. The lowest BCUT2D eigenvalue weighted by Gasteiger charge is -2.00. The predicted molar refractivity (Wildman–Crippen MR) is 56.9 cm³/mol. The van der Waals surface area contributed by atoms with E-state index in [-0.39, 0.29) is 5.69 Å². The molecule has 0 amide bonds. The maximum atomic E-state index is 11.1. The molecule has 0 radical (unpaired) electrons. The lowest BCUT2D eigenvalue weighted by atomic mass is 10.3. The van der Waals surface area contributed by atoms with Crippen molar-refractivity contribution in [2.45, 2.75) is 10.2 Å². The van der Waals surface area contributed by atoms with Gasteiger partial charge in [-0.15, -0.1) is 5.10 Å². The molecule has 0 bridgehead atoms. The average Bonchev–Trinajstić information content (AvgIpc) is 2.62. The van der Waals surface area contributed by atoms with Gasteiger partial charge in [0.1, 0.15) is 11.1 Å². The summed E-state index contributed by atoms with van der Waals surface area (Å²) in [6.45, 7) is 0. The zero-order chi connectivity index (χ0) is 11.5. The van der Waals surface area contributed by atoms with E-state index >= 15 is 0 Å². The molecule has 2 rings (SSSR count). The Morgan fingerprint density at radius 1 is 1.62 bits per heavy atom. The van der Waals surface area contributed by atoms with Crippen LogP contribution in [0.5, 0.6) is 0 Å². The molecule has 0 unspecified atom stereocenters. The van der Waals surface area contributed by atoms with E-state index in [1.807, 2.05) is 6.07 Å². The molecular formula is C9H7N5OS. The fraction of sp³-hybridized carbons (Fsp3) is 0.111. The number of hydrogen-bond acceptors (Lipinski definition) is 5. The second-order valence-electron chi connectivity index (χ2n) is 2.94. The first-order valence-electron chi connectivity index (χ1n) is 4.36. The van der Waals surface area contributed by atoms with E-state index in [2.05, 4.69) is 15.2 Å². The van der Waals surface area contributed by atoms with Crippen molar-refractivity contribution in [1.82, 2.24) is 19.7 Å². The molecule has 2 aromatic heterocycles. The number of hydrogen-bond donors (Lipinski definition) is 1. The van der Waals surface area contributed by atoms with Crippen LogP contribution in [0.25, 0.3) is 0 Å². The minimum absolute atomic E-state index is 0.295. The molecule has 1 N–H and O–H groups in total. The summed E-state index contributed by atoms with van der Waals surface area (Å²) in [5.74, 6) is 0. The van der Waals surface area contributed by atoms with Crippen LogP contribution >= 0.6 is 11.8 Å².